The van der Waals surface area contributed by atoms with Crippen molar-refractivity contribution in [3.05, 3.63) is 34.9 Å². The molecule has 5 heteroatoms. The van der Waals surface area contributed by atoms with Gasteiger partial charge >= 0.3 is 0 Å². The highest BCUT2D eigenvalue weighted by molar-refractivity contribution is 5.94. The van der Waals surface area contributed by atoms with Crippen LogP contribution in [0.3, 0.4) is 0 Å². The van der Waals surface area contributed by atoms with Crippen molar-refractivity contribution in [3.8, 4) is 0 Å². The molecule has 0 N–H and O–H groups in total. The Bertz CT molecular complexity index is 798. The minimum atomic E-state index is 0.178. The van der Waals surface area contributed by atoms with E-state index in [1.807, 2.05) is 11.0 Å². The van der Waals surface area contributed by atoms with E-state index in [0.29, 0.717) is 12.5 Å². The molecule has 5 rings (SSSR count). The van der Waals surface area contributed by atoms with E-state index in [9.17, 15) is 9.59 Å². The molecular formula is C25H35N3O2. The van der Waals surface area contributed by atoms with Gasteiger partial charge in [0.2, 0.25) is 5.91 Å². The fourth-order valence-corrected chi connectivity index (χ4v) is 5.75. The first-order valence-electron chi connectivity index (χ1n) is 12.1. The molecule has 0 bridgehead atoms. The van der Waals surface area contributed by atoms with Gasteiger partial charge in [0, 0.05) is 56.8 Å². The largest absolute Gasteiger partial charge is 0.338 e. The van der Waals surface area contributed by atoms with Crippen LogP contribution in [-0.4, -0.2) is 65.3 Å². The van der Waals surface area contributed by atoms with E-state index in [-0.39, 0.29) is 11.8 Å². The zero-order valence-electron chi connectivity index (χ0n) is 18.2. The molecule has 3 fully saturated rings. The number of carbonyl (C=O) groups is 2. The monoisotopic (exact) mass is 409 g/mol. The van der Waals surface area contributed by atoms with Crippen molar-refractivity contribution in [2.24, 2.45) is 5.92 Å². The van der Waals surface area contributed by atoms with Crippen LogP contribution in [0.5, 0.6) is 0 Å². The summed E-state index contributed by atoms with van der Waals surface area (Å²) in [7, 11) is 0. The van der Waals surface area contributed by atoms with Gasteiger partial charge in [-0.3, -0.25) is 14.5 Å². The fraction of sp³-hybridized carbons (Fsp3) is 0.680. The fourth-order valence-electron chi connectivity index (χ4n) is 5.75. The van der Waals surface area contributed by atoms with Crippen molar-refractivity contribution in [2.75, 3.05) is 32.7 Å². The summed E-state index contributed by atoms with van der Waals surface area (Å²) in [4.78, 5) is 32.7. The number of hydrogen-bond acceptors (Lipinski definition) is 3. The molecule has 162 valence electrons. The third-order valence-corrected chi connectivity index (χ3v) is 7.89. The molecule has 0 radical (unpaired) electrons. The predicted molar refractivity (Wildman–Crippen MR) is 117 cm³/mol. The van der Waals surface area contributed by atoms with Gasteiger partial charge in [0.05, 0.1) is 0 Å². The second-order valence-corrected chi connectivity index (χ2v) is 9.74. The molecule has 2 heterocycles. The third kappa shape index (κ3) is 4.01. The van der Waals surface area contributed by atoms with E-state index in [1.54, 1.807) is 0 Å². The van der Waals surface area contributed by atoms with E-state index in [2.05, 4.69) is 21.9 Å². The van der Waals surface area contributed by atoms with Crippen LogP contribution in [-0.2, 0) is 17.8 Å². The minimum Gasteiger partial charge on any atom is -0.338 e. The molecule has 0 spiro atoms. The maximum absolute atomic E-state index is 13.2. The summed E-state index contributed by atoms with van der Waals surface area (Å²) < 4.78 is 0. The first-order chi connectivity index (χ1) is 14.7. The third-order valence-electron chi connectivity index (χ3n) is 7.89. The summed E-state index contributed by atoms with van der Waals surface area (Å²) >= 11 is 0. The Morgan fingerprint density at radius 2 is 1.60 bits per heavy atom. The van der Waals surface area contributed by atoms with Gasteiger partial charge in [-0.2, -0.15) is 0 Å². The molecule has 2 amide bonds. The lowest BCUT2D eigenvalue weighted by atomic mass is 9.91. The molecular weight excluding hydrogens is 374 g/mol. The van der Waals surface area contributed by atoms with Crippen LogP contribution in [0.15, 0.2) is 18.2 Å². The van der Waals surface area contributed by atoms with Gasteiger partial charge in [0.1, 0.15) is 0 Å². The number of amides is 2. The van der Waals surface area contributed by atoms with Gasteiger partial charge < -0.3 is 9.80 Å². The van der Waals surface area contributed by atoms with Gasteiger partial charge in [0.25, 0.3) is 5.91 Å². The summed E-state index contributed by atoms with van der Waals surface area (Å²) in [6, 6.07) is 6.94. The zero-order chi connectivity index (χ0) is 20.5. The first-order valence-corrected chi connectivity index (χ1v) is 12.1. The van der Waals surface area contributed by atoms with Crippen molar-refractivity contribution < 1.29 is 9.59 Å². The van der Waals surface area contributed by atoms with Crippen LogP contribution < -0.4 is 0 Å². The predicted octanol–water partition coefficient (Wildman–Crippen LogP) is 3.46. The maximum Gasteiger partial charge on any atom is 0.253 e. The van der Waals surface area contributed by atoms with Gasteiger partial charge in [-0.05, 0) is 61.8 Å². The highest BCUT2D eigenvalue weighted by atomic mass is 16.2. The molecule has 5 nitrogen and oxygen atoms in total. The Labute approximate surface area is 180 Å². The SMILES string of the molecule is O=C(c1ccc2c(c1)CCN(C(=O)C1CCCC1)C2)N1CCCN(C2CCC2)CC1. The van der Waals surface area contributed by atoms with E-state index in [1.165, 1.54) is 43.2 Å². The number of carbonyl (C=O) groups excluding carboxylic acids is 2. The van der Waals surface area contributed by atoms with Gasteiger partial charge in [-0.25, -0.2) is 0 Å². The Hall–Kier alpha value is -1.88. The summed E-state index contributed by atoms with van der Waals surface area (Å²) in [5.74, 6) is 0.770. The average Bonchev–Trinajstić information content (AvgIpc) is 3.17. The molecule has 1 aromatic rings. The van der Waals surface area contributed by atoms with Crippen molar-refractivity contribution >= 4 is 11.8 Å². The maximum atomic E-state index is 13.2. The van der Waals surface area contributed by atoms with E-state index in [0.717, 1.165) is 70.0 Å². The van der Waals surface area contributed by atoms with E-state index in [4.69, 9.17) is 0 Å². The molecule has 2 aliphatic carbocycles. The lowest BCUT2D eigenvalue weighted by Crippen LogP contribution is -2.42. The molecule has 2 aliphatic heterocycles. The second-order valence-electron chi connectivity index (χ2n) is 9.74. The standard InChI is InChI=1S/C25H35N3O2/c29-24(19-5-1-2-6-19)28-14-11-20-17-21(9-10-22(20)18-28)25(30)27-13-4-12-26(15-16-27)23-7-3-8-23/h9-10,17,19,23H,1-8,11-16,18H2. The molecule has 0 unspecified atom stereocenters. The van der Waals surface area contributed by atoms with E-state index >= 15 is 0 Å². The van der Waals surface area contributed by atoms with Crippen molar-refractivity contribution in [3.63, 3.8) is 0 Å². The molecule has 0 atom stereocenters. The number of nitrogens with zero attached hydrogens (tertiary/aromatic N) is 3. The Morgan fingerprint density at radius 3 is 2.37 bits per heavy atom. The van der Waals surface area contributed by atoms with Crippen LogP contribution in [0.1, 0.15) is 72.9 Å². The number of fused-ring (bicyclic) bond motifs is 1. The molecule has 0 aromatic heterocycles. The molecule has 4 aliphatic rings. The van der Waals surface area contributed by atoms with Crippen molar-refractivity contribution in [2.45, 2.75) is 70.4 Å². The number of benzene rings is 1. The van der Waals surface area contributed by atoms with Crippen LogP contribution in [0.4, 0.5) is 0 Å². The lowest BCUT2D eigenvalue weighted by molar-refractivity contribution is -0.136. The summed E-state index contributed by atoms with van der Waals surface area (Å²) in [5.41, 5.74) is 3.29. The smallest absolute Gasteiger partial charge is 0.253 e. The highest BCUT2D eigenvalue weighted by Gasteiger charge is 2.31. The lowest BCUT2D eigenvalue weighted by Gasteiger charge is -2.36. The summed E-state index contributed by atoms with van der Waals surface area (Å²) in [5, 5.41) is 0. The quantitative estimate of drug-likeness (QED) is 0.768. The van der Waals surface area contributed by atoms with Crippen LogP contribution in [0, 0.1) is 5.92 Å². The van der Waals surface area contributed by atoms with Crippen LogP contribution in [0.25, 0.3) is 0 Å². The Balaban J connectivity index is 1.22. The second kappa shape index (κ2) is 8.70. The van der Waals surface area contributed by atoms with Crippen molar-refractivity contribution in [1.29, 1.82) is 0 Å². The average molecular weight is 410 g/mol. The molecule has 1 aromatic carbocycles. The number of hydrogen-bond donors (Lipinski definition) is 0. The molecule has 1 saturated heterocycles. The summed E-state index contributed by atoms with van der Waals surface area (Å²) in [6.07, 6.45) is 10.5. The van der Waals surface area contributed by atoms with Crippen LogP contribution in [0.2, 0.25) is 0 Å². The zero-order valence-corrected chi connectivity index (χ0v) is 18.2. The first kappa shape index (κ1) is 20.0. The minimum absolute atomic E-state index is 0.178. The Kier molecular flexibility index (Phi) is 5.81. The van der Waals surface area contributed by atoms with Crippen LogP contribution >= 0.6 is 0 Å². The summed E-state index contributed by atoms with van der Waals surface area (Å²) in [6.45, 7) is 5.35. The van der Waals surface area contributed by atoms with E-state index < -0.39 is 0 Å². The van der Waals surface area contributed by atoms with Gasteiger partial charge in [0.15, 0.2) is 0 Å². The topological polar surface area (TPSA) is 43.9 Å². The Morgan fingerprint density at radius 1 is 0.767 bits per heavy atom. The van der Waals surface area contributed by atoms with Gasteiger partial charge in [-0.15, -0.1) is 0 Å². The molecule has 2 saturated carbocycles. The van der Waals surface area contributed by atoms with Crippen molar-refractivity contribution in [1.82, 2.24) is 14.7 Å². The number of rotatable bonds is 3. The normalized spacial score (nSPS) is 23.7. The highest BCUT2D eigenvalue weighted by Crippen LogP contribution is 2.30. The van der Waals surface area contributed by atoms with Gasteiger partial charge in [-0.1, -0.05) is 25.3 Å². The molecule has 30 heavy (non-hydrogen) atoms.